The van der Waals surface area contributed by atoms with Gasteiger partial charge in [0.2, 0.25) is 0 Å². The van der Waals surface area contributed by atoms with Gasteiger partial charge in [0, 0.05) is 26.2 Å². The molecule has 2 unspecified atom stereocenters. The standard InChI is InChI=1S/C16H21Cl2N3O3/c17-12-2-1-11(9-13(12)18)15-14(10-19-3-6-24-15)20-16(22)21-4-7-23-8-5-21/h1-2,9,14-15,19H,3-8,10H2,(H,20,22). The Bertz CT molecular complexity index is 582. The maximum atomic E-state index is 12.5. The first-order valence-electron chi connectivity index (χ1n) is 8.05. The fourth-order valence-electron chi connectivity index (χ4n) is 2.90. The van der Waals surface area contributed by atoms with Crippen molar-refractivity contribution >= 4 is 29.2 Å². The highest BCUT2D eigenvalue weighted by Crippen LogP contribution is 2.29. The smallest absolute Gasteiger partial charge is 0.317 e. The molecular weight excluding hydrogens is 353 g/mol. The van der Waals surface area contributed by atoms with Gasteiger partial charge in [0.15, 0.2) is 0 Å². The van der Waals surface area contributed by atoms with Crippen molar-refractivity contribution in [1.82, 2.24) is 15.5 Å². The molecule has 132 valence electrons. The van der Waals surface area contributed by atoms with E-state index in [1.807, 2.05) is 6.07 Å². The Hall–Kier alpha value is -1.05. The number of nitrogens with zero attached hydrogens (tertiary/aromatic N) is 1. The van der Waals surface area contributed by atoms with Crippen LogP contribution in [0.1, 0.15) is 11.7 Å². The van der Waals surface area contributed by atoms with E-state index in [1.54, 1.807) is 17.0 Å². The summed E-state index contributed by atoms with van der Waals surface area (Å²) < 4.78 is 11.3. The Kier molecular flexibility index (Phi) is 6.19. The number of benzene rings is 1. The molecule has 2 saturated heterocycles. The van der Waals surface area contributed by atoms with Crippen molar-refractivity contribution in [3.63, 3.8) is 0 Å². The lowest BCUT2D eigenvalue weighted by molar-refractivity contribution is 0.0358. The van der Waals surface area contributed by atoms with E-state index >= 15 is 0 Å². The molecule has 2 fully saturated rings. The van der Waals surface area contributed by atoms with Crippen LogP contribution in [0.15, 0.2) is 18.2 Å². The van der Waals surface area contributed by atoms with Crippen LogP contribution in [0.4, 0.5) is 4.79 Å². The van der Waals surface area contributed by atoms with E-state index < -0.39 is 0 Å². The van der Waals surface area contributed by atoms with E-state index in [1.165, 1.54) is 0 Å². The Balaban J connectivity index is 1.74. The first kappa shape index (κ1) is 17.8. The van der Waals surface area contributed by atoms with E-state index in [4.69, 9.17) is 32.7 Å². The second-order valence-electron chi connectivity index (χ2n) is 5.82. The summed E-state index contributed by atoms with van der Waals surface area (Å²) in [5.74, 6) is 0. The zero-order valence-corrected chi connectivity index (χ0v) is 14.8. The summed E-state index contributed by atoms with van der Waals surface area (Å²) in [4.78, 5) is 14.3. The van der Waals surface area contributed by atoms with Gasteiger partial charge in [-0.05, 0) is 17.7 Å². The second kappa shape index (κ2) is 8.36. The van der Waals surface area contributed by atoms with E-state index in [2.05, 4.69) is 10.6 Å². The van der Waals surface area contributed by atoms with Gasteiger partial charge in [-0.15, -0.1) is 0 Å². The Labute approximate surface area is 151 Å². The van der Waals surface area contributed by atoms with Crippen LogP contribution in [0.5, 0.6) is 0 Å². The number of hydrogen-bond donors (Lipinski definition) is 2. The van der Waals surface area contributed by atoms with Gasteiger partial charge in [-0.1, -0.05) is 29.3 Å². The van der Waals surface area contributed by atoms with Gasteiger partial charge in [0.05, 0.1) is 35.9 Å². The summed E-state index contributed by atoms with van der Waals surface area (Å²) >= 11 is 12.1. The minimum Gasteiger partial charge on any atom is -0.378 e. The lowest BCUT2D eigenvalue weighted by atomic mass is 10.0. The second-order valence-corrected chi connectivity index (χ2v) is 6.64. The number of rotatable bonds is 2. The summed E-state index contributed by atoms with van der Waals surface area (Å²) in [6.07, 6.45) is -0.278. The topological polar surface area (TPSA) is 62.8 Å². The zero-order chi connectivity index (χ0) is 16.9. The predicted molar refractivity (Wildman–Crippen MR) is 92.7 cm³/mol. The SMILES string of the molecule is O=C(NC1CNCCOC1c1ccc(Cl)c(Cl)c1)N1CCOCC1. The molecule has 2 amide bonds. The van der Waals surface area contributed by atoms with Crippen LogP contribution in [0.3, 0.4) is 0 Å². The zero-order valence-electron chi connectivity index (χ0n) is 13.3. The molecule has 2 heterocycles. The fourth-order valence-corrected chi connectivity index (χ4v) is 3.21. The molecule has 2 atom stereocenters. The third kappa shape index (κ3) is 4.32. The summed E-state index contributed by atoms with van der Waals surface area (Å²) in [6.45, 7) is 4.28. The fraction of sp³-hybridized carbons (Fsp3) is 0.562. The van der Waals surface area contributed by atoms with E-state index in [0.29, 0.717) is 49.5 Å². The molecule has 3 rings (SSSR count). The van der Waals surface area contributed by atoms with Gasteiger partial charge >= 0.3 is 6.03 Å². The molecule has 2 aliphatic heterocycles. The molecule has 0 aliphatic carbocycles. The summed E-state index contributed by atoms with van der Waals surface area (Å²) in [5, 5.41) is 7.35. The Morgan fingerprint density at radius 1 is 1.21 bits per heavy atom. The molecule has 24 heavy (non-hydrogen) atoms. The van der Waals surface area contributed by atoms with Gasteiger partial charge in [-0.25, -0.2) is 4.79 Å². The van der Waals surface area contributed by atoms with Crippen LogP contribution in [-0.4, -0.2) is 63.0 Å². The van der Waals surface area contributed by atoms with Crippen molar-refractivity contribution in [2.45, 2.75) is 12.1 Å². The summed E-state index contributed by atoms with van der Waals surface area (Å²) in [7, 11) is 0. The highest BCUT2D eigenvalue weighted by Gasteiger charge is 2.29. The number of hydrogen-bond acceptors (Lipinski definition) is 4. The van der Waals surface area contributed by atoms with Crippen LogP contribution in [0.25, 0.3) is 0 Å². The third-order valence-electron chi connectivity index (χ3n) is 4.19. The first-order chi connectivity index (χ1) is 11.6. The number of nitrogens with one attached hydrogen (secondary N) is 2. The lowest BCUT2D eigenvalue weighted by Crippen LogP contribution is -2.52. The van der Waals surface area contributed by atoms with Crippen LogP contribution in [0.2, 0.25) is 10.0 Å². The highest BCUT2D eigenvalue weighted by atomic mass is 35.5. The van der Waals surface area contributed by atoms with E-state index in [-0.39, 0.29) is 18.2 Å². The van der Waals surface area contributed by atoms with Crippen molar-refractivity contribution in [2.24, 2.45) is 0 Å². The van der Waals surface area contributed by atoms with Gasteiger partial charge < -0.3 is 25.0 Å². The molecule has 2 aliphatic rings. The number of carbonyl (C=O) groups is 1. The van der Waals surface area contributed by atoms with E-state index in [0.717, 1.165) is 12.1 Å². The summed E-state index contributed by atoms with van der Waals surface area (Å²) in [5.41, 5.74) is 0.903. The maximum Gasteiger partial charge on any atom is 0.317 e. The van der Waals surface area contributed by atoms with Crippen molar-refractivity contribution in [2.75, 3.05) is 46.0 Å². The number of halogens is 2. The van der Waals surface area contributed by atoms with Crippen molar-refractivity contribution in [1.29, 1.82) is 0 Å². The van der Waals surface area contributed by atoms with Crippen LogP contribution in [0, 0.1) is 0 Å². The molecule has 0 bridgehead atoms. The highest BCUT2D eigenvalue weighted by molar-refractivity contribution is 6.42. The average Bonchev–Trinajstić information content (AvgIpc) is 2.83. The predicted octanol–water partition coefficient (Wildman–Crippen LogP) is 2.06. The summed E-state index contributed by atoms with van der Waals surface area (Å²) in [6, 6.07) is 5.15. The van der Waals surface area contributed by atoms with Crippen molar-refractivity contribution in [3.8, 4) is 0 Å². The molecule has 8 heteroatoms. The lowest BCUT2D eigenvalue weighted by Gasteiger charge is -2.31. The number of carbonyl (C=O) groups excluding carboxylic acids is 1. The number of amides is 2. The normalized spacial score (nSPS) is 25.2. The first-order valence-corrected chi connectivity index (χ1v) is 8.81. The Morgan fingerprint density at radius 3 is 2.75 bits per heavy atom. The maximum absolute atomic E-state index is 12.5. The number of urea groups is 1. The molecule has 0 spiro atoms. The molecule has 0 aromatic heterocycles. The van der Waals surface area contributed by atoms with Crippen molar-refractivity contribution in [3.05, 3.63) is 33.8 Å². The van der Waals surface area contributed by atoms with Gasteiger partial charge in [-0.2, -0.15) is 0 Å². The number of morpholine rings is 1. The van der Waals surface area contributed by atoms with Gasteiger partial charge in [0.25, 0.3) is 0 Å². The molecule has 1 aromatic rings. The van der Waals surface area contributed by atoms with Crippen LogP contribution in [-0.2, 0) is 9.47 Å². The molecular formula is C16H21Cl2N3O3. The van der Waals surface area contributed by atoms with Gasteiger partial charge in [0.1, 0.15) is 6.10 Å². The van der Waals surface area contributed by atoms with E-state index in [9.17, 15) is 4.79 Å². The largest absolute Gasteiger partial charge is 0.378 e. The minimum absolute atomic E-state index is 0.0966. The monoisotopic (exact) mass is 373 g/mol. The molecule has 0 saturated carbocycles. The molecule has 1 aromatic carbocycles. The van der Waals surface area contributed by atoms with Gasteiger partial charge in [-0.3, -0.25) is 0 Å². The Morgan fingerprint density at radius 2 is 2.00 bits per heavy atom. The molecule has 2 N–H and O–H groups in total. The molecule has 6 nitrogen and oxygen atoms in total. The molecule has 0 radical (unpaired) electrons. The number of ether oxygens (including phenoxy) is 2. The minimum atomic E-state index is -0.278. The quantitative estimate of drug-likeness (QED) is 0.832. The van der Waals surface area contributed by atoms with Crippen LogP contribution < -0.4 is 10.6 Å². The average molecular weight is 374 g/mol. The van der Waals surface area contributed by atoms with Crippen molar-refractivity contribution < 1.29 is 14.3 Å². The third-order valence-corrected chi connectivity index (χ3v) is 4.92. The van der Waals surface area contributed by atoms with Crippen LogP contribution >= 0.6 is 23.2 Å².